The highest BCUT2D eigenvalue weighted by Crippen LogP contribution is 2.20. The monoisotopic (exact) mass is 416 g/mol. The number of hydrogen-bond donors (Lipinski definition) is 1. The molecule has 3 rings (SSSR count). The van der Waals surface area contributed by atoms with Crippen LogP contribution < -0.4 is 15.8 Å². The van der Waals surface area contributed by atoms with Crippen LogP contribution in [0, 0.1) is 0 Å². The van der Waals surface area contributed by atoms with E-state index in [2.05, 4.69) is 27.3 Å². The molecule has 0 saturated carbocycles. The van der Waals surface area contributed by atoms with Gasteiger partial charge < -0.3 is 10.2 Å². The van der Waals surface area contributed by atoms with Crippen molar-refractivity contribution in [2.75, 3.05) is 30.8 Å². The number of carbonyl (C=O) groups excluding carboxylic acids is 1. The Kier molecular flexibility index (Phi) is 7.11. The molecule has 0 aliphatic carbocycles. The molecule has 0 atom stereocenters. The predicted molar refractivity (Wildman–Crippen MR) is 118 cm³/mol. The summed E-state index contributed by atoms with van der Waals surface area (Å²) in [6, 6.07) is 12.0. The van der Waals surface area contributed by atoms with Gasteiger partial charge in [0.2, 0.25) is 5.91 Å². The highest BCUT2D eigenvalue weighted by molar-refractivity contribution is 7.99. The number of amides is 1. The van der Waals surface area contributed by atoms with Crippen molar-refractivity contribution in [3.8, 4) is 0 Å². The van der Waals surface area contributed by atoms with Gasteiger partial charge in [0, 0.05) is 32.4 Å². The van der Waals surface area contributed by atoms with Crippen molar-refractivity contribution in [1.29, 1.82) is 0 Å². The normalized spacial score (nSPS) is 10.9. The highest BCUT2D eigenvalue weighted by Gasteiger charge is 2.13. The van der Waals surface area contributed by atoms with Gasteiger partial charge in [-0.25, -0.2) is 4.98 Å². The summed E-state index contributed by atoms with van der Waals surface area (Å²) in [6.07, 6.45) is 0.862. The third-order valence-corrected chi connectivity index (χ3v) is 6.24. The number of carbonyl (C=O) groups is 1. The van der Waals surface area contributed by atoms with E-state index in [0.29, 0.717) is 28.5 Å². The molecule has 0 aliphatic heterocycles. The van der Waals surface area contributed by atoms with Crippen LogP contribution in [0.25, 0.3) is 10.2 Å². The first kappa shape index (κ1) is 20.4. The number of benzene rings is 1. The number of aromatic nitrogens is 2. The average molecular weight is 417 g/mol. The minimum absolute atomic E-state index is 0.0330. The predicted octanol–water partition coefficient (Wildman–Crippen LogP) is 3.21. The summed E-state index contributed by atoms with van der Waals surface area (Å²) >= 11 is 2.71. The van der Waals surface area contributed by atoms with Crippen molar-refractivity contribution < 1.29 is 4.79 Å². The van der Waals surface area contributed by atoms with Gasteiger partial charge in [-0.05, 0) is 36.9 Å². The lowest BCUT2D eigenvalue weighted by molar-refractivity contribution is -0.118. The molecule has 0 fully saturated rings. The first-order chi connectivity index (χ1) is 13.6. The molecule has 0 bridgehead atoms. The van der Waals surface area contributed by atoms with Crippen LogP contribution >= 0.6 is 23.1 Å². The Bertz CT molecular complexity index is 985. The Morgan fingerprint density at radius 2 is 2.07 bits per heavy atom. The van der Waals surface area contributed by atoms with Gasteiger partial charge in [-0.2, -0.15) is 0 Å². The molecule has 0 radical (unpaired) electrons. The first-order valence-corrected chi connectivity index (χ1v) is 11.1. The summed E-state index contributed by atoms with van der Waals surface area (Å²) in [5.74, 6) is 0.200. The van der Waals surface area contributed by atoms with E-state index in [4.69, 9.17) is 0 Å². The van der Waals surface area contributed by atoms with Gasteiger partial charge in [-0.15, -0.1) is 11.3 Å². The number of thioether (sulfide) groups is 1. The van der Waals surface area contributed by atoms with E-state index in [9.17, 15) is 9.59 Å². The zero-order valence-electron chi connectivity index (χ0n) is 16.1. The van der Waals surface area contributed by atoms with E-state index in [1.807, 2.05) is 43.6 Å². The number of anilines is 1. The van der Waals surface area contributed by atoms with E-state index >= 15 is 0 Å². The SMILES string of the molecule is CCn1c(SCC(=O)NCCCN(C)c2ccccc2)nc2ccsc2c1=O. The average Bonchev–Trinajstić information content (AvgIpc) is 3.19. The molecule has 1 aromatic carbocycles. The molecule has 28 heavy (non-hydrogen) atoms. The summed E-state index contributed by atoms with van der Waals surface area (Å²) in [5, 5.41) is 5.41. The Morgan fingerprint density at radius 3 is 2.82 bits per heavy atom. The highest BCUT2D eigenvalue weighted by atomic mass is 32.2. The summed E-state index contributed by atoms with van der Waals surface area (Å²) in [7, 11) is 2.04. The minimum Gasteiger partial charge on any atom is -0.375 e. The zero-order chi connectivity index (χ0) is 19.9. The number of nitrogens with one attached hydrogen (secondary N) is 1. The van der Waals surface area contributed by atoms with Gasteiger partial charge in [-0.1, -0.05) is 30.0 Å². The molecule has 2 aromatic heterocycles. The molecule has 1 amide bonds. The molecular formula is C20H24N4O2S2. The van der Waals surface area contributed by atoms with Crippen molar-refractivity contribution in [2.45, 2.75) is 25.0 Å². The number of para-hydroxylation sites is 1. The molecule has 0 spiro atoms. The van der Waals surface area contributed by atoms with Crippen LogP contribution in [-0.4, -0.2) is 41.3 Å². The molecule has 0 aliphatic rings. The lowest BCUT2D eigenvalue weighted by atomic mass is 10.3. The summed E-state index contributed by atoms with van der Waals surface area (Å²) in [6.45, 7) is 3.93. The van der Waals surface area contributed by atoms with Crippen molar-refractivity contribution in [3.63, 3.8) is 0 Å². The quantitative estimate of drug-likeness (QED) is 0.330. The van der Waals surface area contributed by atoms with E-state index in [0.717, 1.165) is 18.7 Å². The molecule has 1 N–H and O–H groups in total. The Morgan fingerprint density at radius 1 is 1.29 bits per heavy atom. The van der Waals surface area contributed by atoms with Crippen molar-refractivity contribution in [1.82, 2.24) is 14.9 Å². The molecule has 0 saturated heterocycles. The van der Waals surface area contributed by atoms with Gasteiger partial charge in [0.05, 0.1) is 11.3 Å². The van der Waals surface area contributed by atoms with Gasteiger partial charge in [0.1, 0.15) is 4.70 Å². The van der Waals surface area contributed by atoms with Crippen LogP contribution in [-0.2, 0) is 11.3 Å². The van der Waals surface area contributed by atoms with Crippen LogP contribution in [0.5, 0.6) is 0 Å². The van der Waals surface area contributed by atoms with Gasteiger partial charge in [0.25, 0.3) is 5.56 Å². The number of hydrogen-bond acceptors (Lipinski definition) is 6. The largest absolute Gasteiger partial charge is 0.375 e. The lowest BCUT2D eigenvalue weighted by Crippen LogP contribution is -2.29. The van der Waals surface area contributed by atoms with Crippen molar-refractivity contribution >= 4 is 44.9 Å². The van der Waals surface area contributed by atoms with Crippen LogP contribution in [0.4, 0.5) is 5.69 Å². The maximum atomic E-state index is 12.5. The van der Waals surface area contributed by atoms with Crippen LogP contribution in [0.2, 0.25) is 0 Å². The fourth-order valence-corrected chi connectivity index (χ4v) is 4.52. The Labute approximate surface area is 172 Å². The number of fused-ring (bicyclic) bond motifs is 1. The second-order valence-electron chi connectivity index (χ2n) is 6.33. The van der Waals surface area contributed by atoms with Crippen LogP contribution in [0.3, 0.4) is 0 Å². The third-order valence-electron chi connectivity index (χ3n) is 4.37. The summed E-state index contributed by atoms with van der Waals surface area (Å²) < 4.78 is 2.30. The van der Waals surface area contributed by atoms with Crippen LogP contribution in [0.1, 0.15) is 13.3 Å². The summed E-state index contributed by atoms with van der Waals surface area (Å²) in [4.78, 5) is 31.4. The standard InChI is InChI=1S/C20H24N4O2S2/c1-3-24-19(26)18-16(10-13-27-18)22-20(24)28-14-17(25)21-11-7-12-23(2)15-8-5-4-6-9-15/h4-6,8-10,13H,3,7,11-12,14H2,1-2H3,(H,21,25). The molecule has 0 unspecified atom stereocenters. The molecule has 8 heteroatoms. The van der Waals surface area contributed by atoms with Gasteiger partial charge in [0.15, 0.2) is 5.16 Å². The molecular weight excluding hydrogens is 392 g/mol. The van der Waals surface area contributed by atoms with Crippen LogP contribution in [0.15, 0.2) is 51.7 Å². The number of rotatable bonds is 9. The second kappa shape index (κ2) is 9.75. The molecule has 3 aromatic rings. The first-order valence-electron chi connectivity index (χ1n) is 9.24. The zero-order valence-corrected chi connectivity index (χ0v) is 17.7. The topological polar surface area (TPSA) is 67.2 Å². The van der Waals surface area contributed by atoms with E-state index < -0.39 is 0 Å². The van der Waals surface area contributed by atoms with E-state index in [-0.39, 0.29) is 17.2 Å². The van der Waals surface area contributed by atoms with Crippen molar-refractivity contribution in [3.05, 3.63) is 52.1 Å². The Balaban J connectivity index is 1.47. The van der Waals surface area contributed by atoms with Gasteiger partial charge in [-0.3, -0.25) is 14.2 Å². The van der Waals surface area contributed by atoms with Crippen molar-refractivity contribution in [2.24, 2.45) is 0 Å². The lowest BCUT2D eigenvalue weighted by Gasteiger charge is -2.19. The molecule has 2 heterocycles. The second-order valence-corrected chi connectivity index (χ2v) is 8.19. The third kappa shape index (κ3) is 4.94. The minimum atomic E-state index is -0.0466. The Hall–Kier alpha value is -2.32. The van der Waals surface area contributed by atoms with Gasteiger partial charge >= 0.3 is 0 Å². The molecule has 6 nitrogen and oxygen atoms in total. The fourth-order valence-electron chi connectivity index (χ4n) is 2.85. The number of thiophene rings is 1. The smallest absolute Gasteiger partial charge is 0.272 e. The number of nitrogens with zero attached hydrogens (tertiary/aromatic N) is 3. The maximum Gasteiger partial charge on any atom is 0.272 e. The fraction of sp³-hybridized carbons (Fsp3) is 0.350. The maximum absolute atomic E-state index is 12.5. The van der Waals surface area contributed by atoms with E-state index in [1.54, 1.807) is 4.57 Å². The summed E-state index contributed by atoms with van der Waals surface area (Å²) in [5.41, 5.74) is 1.83. The molecule has 148 valence electrons. The van der Waals surface area contributed by atoms with E-state index in [1.165, 1.54) is 23.1 Å².